The molecule has 2 aromatic carbocycles. The fourth-order valence-corrected chi connectivity index (χ4v) is 3.88. The van der Waals surface area contributed by atoms with Gasteiger partial charge in [0.15, 0.2) is 5.84 Å². The number of rotatable bonds is 7. The molecule has 186 valence electrons. The van der Waals surface area contributed by atoms with Crippen LogP contribution in [0.5, 0.6) is 5.75 Å². The number of pyridine rings is 1. The normalized spacial score (nSPS) is 10.8. The largest absolute Gasteiger partial charge is 0.487 e. The summed E-state index contributed by atoms with van der Waals surface area (Å²) in [6.45, 7) is 10.5. The number of fused-ring (bicyclic) bond motifs is 1. The predicted octanol–water partition coefficient (Wildman–Crippen LogP) is 6.76. The van der Waals surface area contributed by atoms with Crippen molar-refractivity contribution in [2.45, 2.75) is 40.2 Å². The molecule has 0 aliphatic heterocycles. The maximum Gasteiger partial charge on any atom is 0.176 e. The van der Waals surface area contributed by atoms with Crippen molar-refractivity contribution in [3.8, 4) is 5.75 Å². The van der Waals surface area contributed by atoms with Crippen LogP contribution in [0.1, 0.15) is 53.9 Å². The Bertz CT molecular complexity index is 1390. The Labute approximate surface area is 212 Å². The molecule has 0 atom stereocenters. The van der Waals surface area contributed by atoms with E-state index in [1.165, 1.54) is 12.0 Å². The number of nitrogens with two attached hydrogens (primary N) is 1. The Morgan fingerprint density at radius 1 is 1.17 bits per heavy atom. The van der Waals surface area contributed by atoms with Crippen LogP contribution >= 0.6 is 0 Å². The van der Waals surface area contributed by atoms with Crippen molar-refractivity contribution in [2.75, 3.05) is 0 Å². The molecule has 2 heterocycles. The SMILES string of the molecule is C=Cc1nc(COc2ccc3c(c2)c(Cc2cccc(C(=N)N=NN)c2)cn3C)ccc1C.CCC. The highest BCUT2D eigenvalue weighted by molar-refractivity contribution is 5.96. The number of nitrogens with one attached hydrogen (secondary N) is 1. The summed E-state index contributed by atoms with van der Waals surface area (Å²) in [6, 6.07) is 17.8. The maximum absolute atomic E-state index is 7.95. The lowest BCUT2D eigenvalue weighted by atomic mass is 10.0. The van der Waals surface area contributed by atoms with Gasteiger partial charge in [-0.15, -0.1) is 5.11 Å². The molecule has 0 fully saturated rings. The molecular formula is C29H34N6O. The molecule has 0 saturated carbocycles. The maximum atomic E-state index is 7.95. The van der Waals surface area contributed by atoms with Crippen molar-refractivity contribution in [2.24, 2.45) is 23.2 Å². The van der Waals surface area contributed by atoms with Crippen LogP contribution in [0.4, 0.5) is 0 Å². The zero-order chi connectivity index (χ0) is 26.1. The highest BCUT2D eigenvalue weighted by Crippen LogP contribution is 2.28. The van der Waals surface area contributed by atoms with Crippen molar-refractivity contribution in [3.05, 3.63) is 101 Å². The van der Waals surface area contributed by atoms with Gasteiger partial charge in [0.2, 0.25) is 0 Å². The molecule has 0 bridgehead atoms. The Balaban J connectivity index is 0.00000115. The van der Waals surface area contributed by atoms with Crippen LogP contribution in [0, 0.1) is 12.3 Å². The van der Waals surface area contributed by atoms with E-state index in [-0.39, 0.29) is 5.84 Å². The van der Waals surface area contributed by atoms with Crippen LogP contribution in [0.2, 0.25) is 0 Å². The van der Waals surface area contributed by atoms with Crippen molar-refractivity contribution in [1.82, 2.24) is 9.55 Å². The average Bonchev–Trinajstić information content (AvgIpc) is 3.18. The first-order valence-corrected chi connectivity index (χ1v) is 12.0. The fourth-order valence-electron chi connectivity index (χ4n) is 3.88. The molecule has 7 nitrogen and oxygen atoms in total. The Hall–Kier alpha value is -4.26. The second-order valence-electron chi connectivity index (χ2n) is 8.59. The molecule has 0 unspecified atom stereocenters. The third kappa shape index (κ3) is 6.44. The van der Waals surface area contributed by atoms with Crippen molar-refractivity contribution < 1.29 is 4.74 Å². The first-order valence-electron chi connectivity index (χ1n) is 12.0. The molecule has 0 aliphatic carbocycles. The molecule has 3 N–H and O–H groups in total. The van der Waals surface area contributed by atoms with E-state index >= 15 is 0 Å². The Kier molecular flexibility index (Phi) is 9.11. The predicted molar refractivity (Wildman–Crippen MR) is 147 cm³/mol. The molecule has 4 rings (SSSR count). The summed E-state index contributed by atoms with van der Waals surface area (Å²) in [4.78, 5) is 4.59. The highest BCUT2D eigenvalue weighted by atomic mass is 16.5. The number of benzene rings is 2. The van der Waals surface area contributed by atoms with E-state index in [0.717, 1.165) is 39.2 Å². The standard InChI is InChI=1S/C26H26N6O.C3H8/c1-4-24-17(2)8-9-21(29-24)16-33-22-10-11-25-23(14-22)20(15-32(25)3)13-18-6-5-7-19(12-18)26(27)30-31-28;1-3-2/h4-12,14-15H,1,13,16H2,2-3H3,(H3,27,28,30);3H2,1-2H3. The van der Waals surface area contributed by atoms with Crippen LogP contribution in [-0.2, 0) is 20.1 Å². The summed E-state index contributed by atoms with van der Waals surface area (Å²) in [5.41, 5.74) is 6.87. The van der Waals surface area contributed by atoms with Crippen LogP contribution in [0.3, 0.4) is 0 Å². The van der Waals surface area contributed by atoms with E-state index < -0.39 is 0 Å². The first-order chi connectivity index (χ1) is 17.4. The monoisotopic (exact) mass is 482 g/mol. The first kappa shape index (κ1) is 26.3. The second-order valence-corrected chi connectivity index (χ2v) is 8.59. The van der Waals surface area contributed by atoms with Crippen LogP contribution in [-0.4, -0.2) is 15.4 Å². The number of hydrogen-bond acceptors (Lipinski definition) is 4. The highest BCUT2D eigenvalue weighted by Gasteiger charge is 2.11. The summed E-state index contributed by atoms with van der Waals surface area (Å²) in [7, 11) is 2.03. The molecule has 0 saturated heterocycles. The molecule has 0 spiro atoms. The third-order valence-electron chi connectivity index (χ3n) is 5.57. The molecule has 36 heavy (non-hydrogen) atoms. The van der Waals surface area contributed by atoms with Crippen LogP contribution in [0.25, 0.3) is 17.0 Å². The molecule has 0 amide bonds. The topological polar surface area (TPSA) is 102 Å². The van der Waals surface area contributed by atoms with Crippen molar-refractivity contribution in [3.63, 3.8) is 0 Å². The minimum atomic E-state index is 0.0392. The summed E-state index contributed by atoms with van der Waals surface area (Å²) >= 11 is 0. The molecule has 4 aromatic rings. The summed E-state index contributed by atoms with van der Waals surface area (Å²) in [5, 5.41) is 15.9. The van der Waals surface area contributed by atoms with E-state index in [1.807, 2.05) is 56.4 Å². The molecule has 7 heteroatoms. The van der Waals surface area contributed by atoms with Gasteiger partial charge in [-0.3, -0.25) is 5.41 Å². The summed E-state index contributed by atoms with van der Waals surface area (Å²) in [5.74, 6) is 5.91. The number of aryl methyl sites for hydroxylation is 2. The summed E-state index contributed by atoms with van der Waals surface area (Å²) < 4.78 is 8.17. The van der Waals surface area contributed by atoms with Gasteiger partial charge < -0.3 is 15.1 Å². The number of aromatic nitrogens is 2. The van der Waals surface area contributed by atoms with E-state index in [2.05, 4.69) is 58.6 Å². The summed E-state index contributed by atoms with van der Waals surface area (Å²) in [6.07, 6.45) is 5.85. The smallest absolute Gasteiger partial charge is 0.176 e. The second kappa shape index (κ2) is 12.4. The van der Waals surface area contributed by atoms with Crippen molar-refractivity contribution in [1.29, 1.82) is 5.41 Å². The van der Waals surface area contributed by atoms with Crippen LogP contribution < -0.4 is 10.6 Å². The van der Waals surface area contributed by atoms with Gasteiger partial charge >= 0.3 is 0 Å². The zero-order valence-electron chi connectivity index (χ0n) is 21.5. The molecule has 0 aliphatic rings. The lowest BCUT2D eigenvalue weighted by molar-refractivity contribution is 0.301. The lowest BCUT2D eigenvalue weighted by Gasteiger charge is -2.09. The van der Waals surface area contributed by atoms with Crippen molar-refractivity contribution >= 4 is 22.8 Å². The zero-order valence-corrected chi connectivity index (χ0v) is 21.5. The van der Waals surface area contributed by atoms with Gasteiger partial charge in [-0.1, -0.05) is 56.3 Å². The number of hydrogen-bond donors (Lipinski definition) is 2. The Morgan fingerprint density at radius 2 is 1.94 bits per heavy atom. The van der Waals surface area contributed by atoms with Gasteiger partial charge in [0, 0.05) is 29.7 Å². The third-order valence-corrected chi connectivity index (χ3v) is 5.57. The molecular weight excluding hydrogens is 448 g/mol. The van der Waals surface area contributed by atoms with E-state index in [9.17, 15) is 0 Å². The number of nitrogens with zero attached hydrogens (tertiary/aromatic N) is 4. The number of amidine groups is 1. The molecule has 0 radical (unpaired) electrons. The van der Waals surface area contributed by atoms with Gasteiger partial charge in [-0.2, -0.15) is 0 Å². The number of ether oxygens (including phenoxy) is 1. The average molecular weight is 483 g/mol. The van der Waals surface area contributed by atoms with Gasteiger partial charge in [0.05, 0.1) is 11.4 Å². The molecule has 2 aromatic heterocycles. The van der Waals surface area contributed by atoms with Gasteiger partial charge in [-0.05, 0) is 66.4 Å². The van der Waals surface area contributed by atoms with E-state index in [1.54, 1.807) is 6.08 Å². The minimum absolute atomic E-state index is 0.0392. The lowest BCUT2D eigenvalue weighted by Crippen LogP contribution is -2.00. The fraction of sp³-hybridized carbons (Fsp3) is 0.241. The van der Waals surface area contributed by atoms with Gasteiger partial charge in [0.1, 0.15) is 12.4 Å². The Morgan fingerprint density at radius 3 is 2.67 bits per heavy atom. The van der Waals surface area contributed by atoms with Gasteiger partial charge in [-0.25, -0.2) is 4.98 Å². The van der Waals surface area contributed by atoms with Crippen LogP contribution in [0.15, 0.2) is 77.7 Å². The van der Waals surface area contributed by atoms with E-state index in [4.69, 9.17) is 16.0 Å². The van der Waals surface area contributed by atoms with E-state index in [0.29, 0.717) is 18.6 Å². The minimum Gasteiger partial charge on any atom is -0.487 e. The quantitative estimate of drug-likeness (QED) is 0.1000. The van der Waals surface area contributed by atoms with Gasteiger partial charge in [0.25, 0.3) is 0 Å².